The summed E-state index contributed by atoms with van der Waals surface area (Å²) < 4.78 is 0. The van der Waals surface area contributed by atoms with Crippen LogP contribution in [0.3, 0.4) is 0 Å². The summed E-state index contributed by atoms with van der Waals surface area (Å²) >= 11 is 0. The van der Waals surface area contributed by atoms with Crippen LogP contribution in [0.4, 0.5) is 0 Å². The Hall–Kier alpha value is -2.08. The number of carbonyl (C=O) groups excluding carboxylic acids is 2. The molecule has 2 amide bonds. The lowest BCUT2D eigenvalue weighted by atomic mass is 10.1. The number of nitrogens with one attached hydrogen (secondary N) is 1. The summed E-state index contributed by atoms with van der Waals surface area (Å²) in [5, 5.41) is 11.8. The minimum atomic E-state index is -0.739. The average molecular weight is 279 g/mol. The van der Waals surface area contributed by atoms with Crippen LogP contribution < -0.4 is 11.1 Å². The number of hydrogen-bond donors (Lipinski definition) is 3. The first kappa shape index (κ1) is 16.0. The van der Waals surface area contributed by atoms with Gasteiger partial charge in [-0.3, -0.25) is 9.59 Å². The largest absolute Gasteiger partial charge is 0.508 e. The van der Waals surface area contributed by atoms with Crippen molar-refractivity contribution < 1.29 is 14.7 Å². The second kappa shape index (κ2) is 6.91. The molecular weight excluding hydrogens is 258 g/mol. The molecule has 0 aromatic heterocycles. The predicted octanol–water partition coefficient (Wildman–Crippen LogP) is -0.145. The van der Waals surface area contributed by atoms with Gasteiger partial charge in [0.25, 0.3) is 0 Å². The van der Waals surface area contributed by atoms with Crippen molar-refractivity contribution in [3.05, 3.63) is 29.8 Å². The molecule has 0 aliphatic carbocycles. The van der Waals surface area contributed by atoms with Crippen LogP contribution in [0.25, 0.3) is 0 Å². The van der Waals surface area contributed by atoms with E-state index in [1.807, 2.05) is 0 Å². The van der Waals surface area contributed by atoms with Crippen LogP contribution in [0.2, 0.25) is 0 Å². The van der Waals surface area contributed by atoms with Crippen molar-refractivity contribution in [3.63, 3.8) is 0 Å². The van der Waals surface area contributed by atoms with Gasteiger partial charge in [-0.25, -0.2) is 0 Å². The van der Waals surface area contributed by atoms with E-state index in [1.54, 1.807) is 33.2 Å². The standard InChI is InChI=1S/C14H21N3O3/c1-9(14(20)17(2)3)16-13(19)12(15)8-10-4-6-11(18)7-5-10/h4-7,9,12,18H,8,15H2,1-3H3,(H,16,19)/t9?,12-/m0/s1. The summed E-state index contributed by atoms with van der Waals surface area (Å²) in [6, 6.07) is 5.14. The molecule has 0 saturated carbocycles. The number of benzene rings is 1. The molecule has 110 valence electrons. The number of nitrogens with zero attached hydrogens (tertiary/aromatic N) is 1. The predicted molar refractivity (Wildman–Crippen MR) is 76.1 cm³/mol. The fraction of sp³-hybridized carbons (Fsp3) is 0.429. The third-order valence-electron chi connectivity index (χ3n) is 2.90. The molecule has 1 aromatic rings. The van der Waals surface area contributed by atoms with Gasteiger partial charge in [0, 0.05) is 14.1 Å². The number of rotatable bonds is 5. The van der Waals surface area contributed by atoms with Gasteiger partial charge in [-0.1, -0.05) is 12.1 Å². The molecule has 0 heterocycles. The summed E-state index contributed by atoms with van der Waals surface area (Å²) in [6.45, 7) is 1.62. The van der Waals surface area contributed by atoms with Crippen molar-refractivity contribution in [2.75, 3.05) is 14.1 Å². The van der Waals surface area contributed by atoms with Gasteiger partial charge in [-0.05, 0) is 31.0 Å². The molecule has 0 radical (unpaired) electrons. The van der Waals surface area contributed by atoms with E-state index in [2.05, 4.69) is 5.32 Å². The Morgan fingerprint density at radius 3 is 2.35 bits per heavy atom. The van der Waals surface area contributed by atoms with Crippen molar-refractivity contribution in [2.45, 2.75) is 25.4 Å². The first-order chi connectivity index (χ1) is 9.31. The molecule has 0 aliphatic heterocycles. The molecule has 0 saturated heterocycles. The molecule has 6 heteroatoms. The molecule has 0 bridgehead atoms. The summed E-state index contributed by atoms with van der Waals surface area (Å²) in [6.07, 6.45) is 0.342. The molecule has 2 atom stereocenters. The molecule has 1 rings (SSSR count). The van der Waals surface area contributed by atoms with Crippen molar-refractivity contribution in [1.82, 2.24) is 10.2 Å². The highest BCUT2D eigenvalue weighted by atomic mass is 16.3. The van der Waals surface area contributed by atoms with Gasteiger partial charge < -0.3 is 21.1 Å². The number of likely N-dealkylation sites (N-methyl/N-ethyl adjacent to an activating group) is 1. The van der Waals surface area contributed by atoms with E-state index in [4.69, 9.17) is 5.73 Å². The van der Waals surface area contributed by atoms with Crippen LogP contribution >= 0.6 is 0 Å². The molecule has 4 N–H and O–H groups in total. The Morgan fingerprint density at radius 2 is 1.85 bits per heavy atom. The molecule has 6 nitrogen and oxygen atoms in total. The fourth-order valence-corrected chi connectivity index (χ4v) is 1.75. The van der Waals surface area contributed by atoms with E-state index in [0.29, 0.717) is 6.42 Å². The molecule has 20 heavy (non-hydrogen) atoms. The van der Waals surface area contributed by atoms with Crippen LogP contribution in [0.1, 0.15) is 12.5 Å². The summed E-state index contributed by atoms with van der Waals surface area (Å²) in [5.41, 5.74) is 6.66. The van der Waals surface area contributed by atoms with Crippen molar-refractivity contribution in [1.29, 1.82) is 0 Å². The summed E-state index contributed by atoms with van der Waals surface area (Å²) in [4.78, 5) is 24.9. The van der Waals surface area contributed by atoms with Gasteiger partial charge in [0.05, 0.1) is 6.04 Å². The van der Waals surface area contributed by atoms with Gasteiger partial charge >= 0.3 is 0 Å². The fourth-order valence-electron chi connectivity index (χ4n) is 1.75. The average Bonchev–Trinajstić information content (AvgIpc) is 2.40. The Balaban J connectivity index is 2.55. The number of nitrogens with two attached hydrogens (primary N) is 1. The maximum absolute atomic E-state index is 11.9. The van der Waals surface area contributed by atoms with E-state index < -0.39 is 12.1 Å². The van der Waals surface area contributed by atoms with Gasteiger partial charge in [0.2, 0.25) is 11.8 Å². The number of carbonyl (C=O) groups is 2. The van der Waals surface area contributed by atoms with E-state index in [-0.39, 0.29) is 17.6 Å². The Kier molecular flexibility index (Phi) is 5.52. The number of aromatic hydroxyl groups is 1. The first-order valence-electron chi connectivity index (χ1n) is 6.36. The van der Waals surface area contributed by atoms with Crippen molar-refractivity contribution >= 4 is 11.8 Å². The maximum Gasteiger partial charge on any atom is 0.244 e. The van der Waals surface area contributed by atoms with Crippen molar-refractivity contribution in [2.24, 2.45) is 5.73 Å². The third kappa shape index (κ3) is 4.55. The minimum absolute atomic E-state index is 0.164. The lowest BCUT2D eigenvalue weighted by Gasteiger charge is -2.20. The monoisotopic (exact) mass is 279 g/mol. The van der Waals surface area contributed by atoms with Crippen molar-refractivity contribution in [3.8, 4) is 5.75 Å². The van der Waals surface area contributed by atoms with Crippen LogP contribution in [0, 0.1) is 0 Å². The van der Waals surface area contributed by atoms with Gasteiger partial charge in [-0.2, -0.15) is 0 Å². The van der Waals surface area contributed by atoms with Crippen LogP contribution in [0.5, 0.6) is 5.75 Å². The second-order valence-corrected chi connectivity index (χ2v) is 4.94. The lowest BCUT2D eigenvalue weighted by Crippen LogP contribution is -2.50. The van der Waals surface area contributed by atoms with E-state index in [0.717, 1.165) is 5.56 Å². The molecule has 1 aromatic carbocycles. The Bertz CT molecular complexity index is 471. The lowest BCUT2D eigenvalue weighted by molar-refractivity contribution is -0.134. The molecule has 0 aliphatic rings. The van der Waals surface area contributed by atoms with Crippen LogP contribution in [-0.4, -0.2) is 48.0 Å². The highest BCUT2D eigenvalue weighted by Gasteiger charge is 2.21. The molecule has 0 spiro atoms. The number of phenolic OH excluding ortho intramolecular Hbond substituents is 1. The number of phenols is 1. The Labute approximate surface area is 118 Å². The van der Waals surface area contributed by atoms with Gasteiger partial charge in [-0.15, -0.1) is 0 Å². The topological polar surface area (TPSA) is 95.7 Å². The quantitative estimate of drug-likeness (QED) is 0.698. The van der Waals surface area contributed by atoms with Crippen LogP contribution in [0.15, 0.2) is 24.3 Å². The van der Waals surface area contributed by atoms with Gasteiger partial charge in [0.1, 0.15) is 11.8 Å². The smallest absolute Gasteiger partial charge is 0.244 e. The summed E-state index contributed by atoms with van der Waals surface area (Å²) in [5.74, 6) is -0.395. The zero-order valence-corrected chi connectivity index (χ0v) is 12.0. The van der Waals surface area contributed by atoms with E-state index in [1.165, 1.54) is 17.0 Å². The van der Waals surface area contributed by atoms with E-state index >= 15 is 0 Å². The molecule has 0 fully saturated rings. The van der Waals surface area contributed by atoms with Gasteiger partial charge in [0.15, 0.2) is 0 Å². The second-order valence-electron chi connectivity index (χ2n) is 4.94. The molecule has 1 unspecified atom stereocenters. The zero-order valence-electron chi connectivity index (χ0n) is 12.0. The Morgan fingerprint density at radius 1 is 1.30 bits per heavy atom. The normalized spacial score (nSPS) is 13.4. The minimum Gasteiger partial charge on any atom is -0.508 e. The summed E-state index contributed by atoms with van der Waals surface area (Å²) in [7, 11) is 3.25. The third-order valence-corrected chi connectivity index (χ3v) is 2.90. The highest BCUT2D eigenvalue weighted by molar-refractivity contribution is 5.89. The highest BCUT2D eigenvalue weighted by Crippen LogP contribution is 2.10. The SMILES string of the molecule is CC(NC(=O)[C@@H](N)Cc1ccc(O)cc1)C(=O)N(C)C. The maximum atomic E-state index is 11.9. The van der Waals surface area contributed by atoms with E-state index in [9.17, 15) is 14.7 Å². The first-order valence-corrected chi connectivity index (χ1v) is 6.36. The van der Waals surface area contributed by atoms with Crippen LogP contribution in [-0.2, 0) is 16.0 Å². The number of amides is 2. The number of hydrogen-bond acceptors (Lipinski definition) is 4. The zero-order chi connectivity index (χ0) is 15.3. The molecular formula is C14H21N3O3.